The zero-order chi connectivity index (χ0) is 19.1. The summed E-state index contributed by atoms with van der Waals surface area (Å²) in [5.74, 6) is -0.923. The Kier molecular flexibility index (Phi) is 11.6. The summed E-state index contributed by atoms with van der Waals surface area (Å²) in [5, 5.41) is 9.37. The molecule has 2 aromatic rings. The Hall–Kier alpha value is -1.34. The summed E-state index contributed by atoms with van der Waals surface area (Å²) < 4.78 is 5.15. The highest BCUT2D eigenvalue weighted by Gasteiger charge is 2.26. The number of aliphatic carboxylic acids is 1. The number of carbonyl (C=O) groups is 1. The van der Waals surface area contributed by atoms with Gasteiger partial charge in [-0.1, -0.05) is 54.1 Å². The van der Waals surface area contributed by atoms with Crippen LogP contribution < -0.4 is 0 Å². The van der Waals surface area contributed by atoms with E-state index in [1.807, 2.05) is 18.2 Å². The average molecular weight is 462 g/mol. The Morgan fingerprint density at radius 3 is 2.14 bits per heavy atom. The van der Waals surface area contributed by atoms with Crippen molar-refractivity contribution in [3.8, 4) is 0 Å². The van der Waals surface area contributed by atoms with Crippen molar-refractivity contribution in [3.05, 3.63) is 70.7 Å². The second-order valence-electron chi connectivity index (χ2n) is 6.69. The summed E-state index contributed by atoms with van der Waals surface area (Å²) in [6, 6.07) is 18.8. The van der Waals surface area contributed by atoms with Gasteiger partial charge < -0.3 is 9.84 Å². The van der Waals surface area contributed by atoms with E-state index in [1.165, 1.54) is 11.1 Å². The Labute approximate surface area is 189 Å². The fourth-order valence-corrected chi connectivity index (χ4v) is 3.62. The van der Waals surface area contributed by atoms with Crippen molar-refractivity contribution in [3.63, 3.8) is 0 Å². The minimum atomic E-state index is -0.923. The molecule has 0 radical (unpaired) electrons. The van der Waals surface area contributed by atoms with Gasteiger partial charge >= 0.3 is 5.97 Å². The number of rotatable bonds is 8. The molecule has 1 atom stereocenters. The fraction of sp³-hybridized carbons (Fsp3) is 0.381. The SMILES string of the molecule is Cl.Cl.O=C(O)COCCN1CCN([C@H](c2ccccc2)c2ccc(Cl)cc2)CC1. The van der Waals surface area contributed by atoms with Crippen LogP contribution in [-0.4, -0.2) is 66.8 Å². The molecule has 0 unspecified atom stereocenters. The Morgan fingerprint density at radius 2 is 1.55 bits per heavy atom. The molecule has 0 bridgehead atoms. The smallest absolute Gasteiger partial charge is 0.329 e. The molecule has 5 nitrogen and oxygen atoms in total. The summed E-state index contributed by atoms with van der Waals surface area (Å²) in [6.45, 7) is 4.75. The topological polar surface area (TPSA) is 53.0 Å². The van der Waals surface area contributed by atoms with E-state index in [0.717, 1.165) is 37.7 Å². The molecule has 1 heterocycles. The summed E-state index contributed by atoms with van der Waals surface area (Å²) in [6.07, 6.45) is 0. The lowest BCUT2D eigenvalue weighted by Crippen LogP contribution is -2.48. The molecular weight excluding hydrogens is 435 g/mol. The lowest BCUT2D eigenvalue weighted by molar-refractivity contribution is -0.142. The van der Waals surface area contributed by atoms with Crippen LogP contribution in [0.5, 0.6) is 0 Å². The van der Waals surface area contributed by atoms with Crippen molar-refractivity contribution in [2.45, 2.75) is 6.04 Å². The second-order valence-corrected chi connectivity index (χ2v) is 7.13. The van der Waals surface area contributed by atoms with E-state index in [0.29, 0.717) is 6.61 Å². The van der Waals surface area contributed by atoms with Gasteiger partial charge in [0.05, 0.1) is 12.6 Å². The van der Waals surface area contributed by atoms with Gasteiger partial charge in [0, 0.05) is 37.7 Å². The minimum Gasteiger partial charge on any atom is -0.480 e. The number of benzene rings is 2. The summed E-state index contributed by atoms with van der Waals surface area (Å²) in [5.41, 5.74) is 2.52. The van der Waals surface area contributed by atoms with Gasteiger partial charge in [0.2, 0.25) is 0 Å². The van der Waals surface area contributed by atoms with Crippen LogP contribution in [0, 0.1) is 0 Å². The maximum Gasteiger partial charge on any atom is 0.329 e. The van der Waals surface area contributed by atoms with Crippen molar-refractivity contribution < 1.29 is 14.6 Å². The maximum absolute atomic E-state index is 10.5. The molecule has 1 aliphatic rings. The summed E-state index contributed by atoms with van der Waals surface area (Å²) in [7, 11) is 0. The number of ether oxygens (including phenoxy) is 1. The number of nitrogens with zero attached hydrogens (tertiary/aromatic N) is 2. The van der Waals surface area contributed by atoms with Gasteiger partial charge in [-0.25, -0.2) is 4.79 Å². The molecule has 0 saturated carbocycles. The molecule has 8 heteroatoms. The minimum absolute atomic E-state index is 0. The van der Waals surface area contributed by atoms with Gasteiger partial charge in [0.25, 0.3) is 0 Å². The molecule has 1 aliphatic heterocycles. The lowest BCUT2D eigenvalue weighted by Gasteiger charge is -2.39. The molecule has 29 heavy (non-hydrogen) atoms. The number of halogens is 3. The van der Waals surface area contributed by atoms with Crippen LogP contribution in [0.4, 0.5) is 0 Å². The van der Waals surface area contributed by atoms with Gasteiger partial charge in [0.15, 0.2) is 0 Å². The highest BCUT2D eigenvalue weighted by molar-refractivity contribution is 6.30. The van der Waals surface area contributed by atoms with Gasteiger partial charge in [-0.15, -0.1) is 24.8 Å². The van der Waals surface area contributed by atoms with Crippen molar-refractivity contribution in [2.24, 2.45) is 0 Å². The van der Waals surface area contributed by atoms with Gasteiger partial charge in [0.1, 0.15) is 6.61 Å². The van der Waals surface area contributed by atoms with Crippen molar-refractivity contribution in [1.82, 2.24) is 9.80 Å². The normalized spacial score (nSPS) is 15.8. The molecule has 0 amide bonds. The number of carboxylic acids is 1. The highest BCUT2D eigenvalue weighted by Crippen LogP contribution is 2.30. The largest absolute Gasteiger partial charge is 0.480 e. The van der Waals surface area contributed by atoms with E-state index < -0.39 is 5.97 Å². The second kappa shape index (κ2) is 13.1. The summed E-state index contributed by atoms with van der Waals surface area (Å²) >= 11 is 6.08. The highest BCUT2D eigenvalue weighted by atomic mass is 35.5. The van der Waals surface area contributed by atoms with E-state index in [9.17, 15) is 4.79 Å². The molecule has 1 fully saturated rings. The Bertz CT molecular complexity index is 724. The molecule has 160 valence electrons. The van der Waals surface area contributed by atoms with Crippen LogP contribution in [0.15, 0.2) is 54.6 Å². The molecule has 2 aromatic carbocycles. The first kappa shape index (κ1) is 25.7. The molecule has 3 rings (SSSR count). The third kappa shape index (κ3) is 7.78. The molecule has 0 spiro atoms. The van der Waals surface area contributed by atoms with Crippen LogP contribution in [0.25, 0.3) is 0 Å². The summed E-state index contributed by atoms with van der Waals surface area (Å²) in [4.78, 5) is 15.3. The van der Waals surface area contributed by atoms with Crippen molar-refractivity contribution in [2.75, 3.05) is 45.9 Å². The zero-order valence-corrected chi connectivity index (χ0v) is 18.5. The predicted molar refractivity (Wildman–Crippen MR) is 121 cm³/mol. The van der Waals surface area contributed by atoms with Crippen LogP contribution in [0.3, 0.4) is 0 Å². The third-order valence-electron chi connectivity index (χ3n) is 4.85. The lowest BCUT2D eigenvalue weighted by atomic mass is 9.96. The number of hydrogen-bond donors (Lipinski definition) is 1. The molecular formula is C21H27Cl3N2O3. The van der Waals surface area contributed by atoms with E-state index in [2.05, 4.69) is 46.2 Å². The molecule has 1 N–H and O–H groups in total. The van der Waals surface area contributed by atoms with Crippen LogP contribution in [-0.2, 0) is 9.53 Å². The predicted octanol–water partition coefficient (Wildman–Crippen LogP) is 3.99. The van der Waals surface area contributed by atoms with E-state index in [1.54, 1.807) is 0 Å². The zero-order valence-electron chi connectivity index (χ0n) is 16.1. The van der Waals surface area contributed by atoms with Gasteiger partial charge in [-0.3, -0.25) is 9.80 Å². The number of piperazine rings is 1. The van der Waals surface area contributed by atoms with Gasteiger partial charge in [-0.05, 0) is 23.3 Å². The third-order valence-corrected chi connectivity index (χ3v) is 5.10. The Balaban J connectivity index is 0.00000210. The average Bonchev–Trinajstić information content (AvgIpc) is 2.69. The van der Waals surface area contributed by atoms with Crippen LogP contribution in [0.2, 0.25) is 5.02 Å². The first-order valence-electron chi connectivity index (χ1n) is 9.20. The maximum atomic E-state index is 10.5. The van der Waals surface area contributed by atoms with Crippen molar-refractivity contribution >= 4 is 42.4 Å². The van der Waals surface area contributed by atoms with Crippen LogP contribution in [0.1, 0.15) is 17.2 Å². The monoisotopic (exact) mass is 460 g/mol. The number of carboxylic acid groups (broad SMARTS) is 1. The Morgan fingerprint density at radius 1 is 0.966 bits per heavy atom. The van der Waals surface area contributed by atoms with Crippen molar-refractivity contribution in [1.29, 1.82) is 0 Å². The molecule has 0 aliphatic carbocycles. The molecule has 1 saturated heterocycles. The number of hydrogen-bond acceptors (Lipinski definition) is 4. The molecule has 0 aromatic heterocycles. The quantitative estimate of drug-likeness (QED) is 0.602. The van der Waals surface area contributed by atoms with Gasteiger partial charge in [-0.2, -0.15) is 0 Å². The van der Waals surface area contributed by atoms with E-state index >= 15 is 0 Å². The van der Waals surface area contributed by atoms with Crippen LogP contribution >= 0.6 is 36.4 Å². The fourth-order valence-electron chi connectivity index (χ4n) is 3.49. The van der Waals surface area contributed by atoms with E-state index in [4.69, 9.17) is 21.4 Å². The first-order valence-corrected chi connectivity index (χ1v) is 9.57. The van der Waals surface area contributed by atoms with E-state index in [-0.39, 0.29) is 37.5 Å². The standard InChI is InChI=1S/C21H25ClN2O3.2ClH/c22-19-8-6-18(7-9-19)21(17-4-2-1-3-5-17)24-12-10-23(11-13-24)14-15-27-16-20(25)26;;/h1-9,21H,10-16H2,(H,25,26);2*1H/t21-;;/m1../s1. The first-order chi connectivity index (χ1) is 13.1.